The molecule has 35 heavy (non-hydrogen) atoms. The summed E-state index contributed by atoms with van der Waals surface area (Å²) in [5.41, 5.74) is 1.09. The van der Waals surface area contributed by atoms with Crippen LogP contribution < -0.4 is 9.47 Å². The first kappa shape index (κ1) is 20.8. The van der Waals surface area contributed by atoms with E-state index < -0.39 is 36.1 Å². The van der Waals surface area contributed by atoms with E-state index in [4.69, 9.17) is 18.9 Å². The van der Waals surface area contributed by atoms with Gasteiger partial charge in [-0.15, -0.1) is 0 Å². The SMILES string of the molecule is O=C(Oc1cccc(OC(=O)c2ccc3c(c2)C(=O)OC2OC32)c1)c1ccc2c(c1)C(=O)OC2=O. The van der Waals surface area contributed by atoms with Crippen LogP contribution in [0.4, 0.5) is 0 Å². The van der Waals surface area contributed by atoms with E-state index >= 15 is 0 Å². The van der Waals surface area contributed by atoms with Gasteiger partial charge in [-0.1, -0.05) is 12.1 Å². The molecule has 1 saturated heterocycles. The first-order valence-electron chi connectivity index (χ1n) is 10.3. The van der Waals surface area contributed by atoms with Crippen LogP contribution in [-0.4, -0.2) is 36.1 Å². The molecule has 0 saturated carbocycles. The largest absolute Gasteiger partial charge is 0.429 e. The second-order valence-electron chi connectivity index (χ2n) is 7.82. The lowest BCUT2D eigenvalue weighted by molar-refractivity contribution is 0.0290. The maximum Gasteiger partial charge on any atom is 0.346 e. The molecule has 0 radical (unpaired) electrons. The molecule has 0 aromatic heterocycles. The molecule has 0 spiro atoms. The predicted octanol–water partition coefficient (Wildman–Crippen LogP) is 3.00. The van der Waals surface area contributed by atoms with Crippen molar-refractivity contribution < 1.29 is 47.7 Å². The summed E-state index contributed by atoms with van der Waals surface area (Å²) < 4.78 is 25.5. The molecule has 3 aromatic carbocycles. The van der Waals surface area contributed by atoms with Crippen LogP contribution >= 0.6 is 0 Å². The Bertz CT molecular complexity index is 1490. The smallest absolute Gasteiger partial charge is 0.346 e. The Morgan fingerprint density at radius 3 is 2.03 bits per heavy atom. The van der Waals surface area contributed by atoms with Crippen LogP contribution in [0.2, 0.25) is 0 Å². The minimum atomic E-state index is -0.839. The predicted molar refractivity (Wildman–Crippen MR) is 112 cm³/mol. The second-order valence-corrected chi connectivity index (χ2v) is 7.82. The van der Waals surface area contributed by atoms with Gasteiger partial charge >= 0.3 is 29.8 Å². The lowest BCUT2D eigenvalue weighted by Gasteiger charge is -2.13. The molecule has 0 N–H and O–H groups in total. The summed E-state index contributed by atoms with van der Waals surface area (Å²) in [7, 11) is 0. The number of esters is 5. The van der Waals surface area contributed by atoms with Crippen molar-refractivity contribution in [3.8, 4) is 11.5 Å². The first-order chi connectivity index (χ1) is 16.9. The van der Waals surface area contributed by atoms with Crippen LogP contribution in [-0.2, 0) is 14.2 Å². The van der Waals surface area contributed by atoms with E-state index in [9.17, 15) is 24.0 Å². The summed E-state index contributed by atoms with van der Waals surface area (Å²) in [5.74, 6) is -3.55. The fraction of sp³-hybridized carbons (Fsp3) is 0.0800. The third kappa shape index (κ3) is 3.62. The average molecular weight is 472 g/mol. The zero-order valence-corrected chi connectivity index (χ0v) is 17.5. The zero-order valence-electron chi connectivity index (χ0n) is 17.5. The highest BCUT2D eigenvalue weighted by molar-refractivity contribution is 6.15. The first-order valence-corrected chi connectivity index (χ1v) is 10.3. The average Bonchev–Trinajstić information content (AvgIpc) is 3.57. The van der Waals surface area contributed by atoms with Crippen molar-refractivity contribution in [3.63, 3.8) is 0 Å². The van der Waals surface area contributed by atoms with E-state index in [1.165, 1.54) is 54.6 Å². The highest BCUT2D eigenvalue weighted by atomic mass is 16.8. The summed E-state index contributed by atoms with van der Waals surface area (Å²) in [5, 5.41) is 0. The number of carbonyl (C=O) groups excluding carboxylic acids is 5. The molecule has 3 aliphatic rings. The third-order valence-electron chi connectivity index (χ3n) is 5.60. The number of carbonyl (C=O) groups is 5. The lowest BCUT2D eigenvalue weighted by Crippen LogP contribution is -2.18. The molecule has 6 rings (SSSR count). The number of hydrogen-bond acceptors (Lipinski definition) is 10. The summed E-state index contributed by atoms with van der Waals surface area (Å²) in [6.45, 7) is 0. The number of rotatable bonds is 4. The van der Waals surface area contributed by atoms with E-state index in [0.717, 1.165) is 0 Å². The molecule has 172 valence electrons. The number of cyclic esters (lactones) is 2. The van der Waals surface area contributed by atoms with Gasteiger partial charge in [-0.05, 0) is 42.5 Å². The Hall–Kier alpha value is -4.83. The molecule has 10 nitrogen and oxygen atoms in total. The van der Waals surface area contributed by atoms with Gasteiger partial charge in [0.15, 0.2) is 6.10 Å². The monoisotopic (exact) mass is 472 g/mol. The molecule has 2 atom stereocenters. The van der Waals surface area contributed by atoms with Crippen LogP contribution in [0.5, 0.6) is 11.5 Å². The molecule has 10 heteroatoms. The van der Waals surface area contributed by atoms with Crippen molar-refractivity contribution in [2.75, 3.05) is 0 Å². The van der Waals surface area contributed by atoms with Crippen molar-refractivity contribution >= 4 is 29.8 Å². The van der Waals surface area contributed by atoms with Crippen LogP contribution in [0.25, 0.3) is 0 Å². The maximum atomic E-state index is 12.6. The summed E-state index contributed by atoms with van der Waals surface area (Å²) in [4.78, 5) is 60.5. The molecule has 0 aliphatic carbocycles. The van der Waals surface area contributed by atoms with Gasteiger partial charge in [-0.25, -0.2) is 24.0 Å². The van der Waals surface area contributed by atoms with E-state index in [1.54, 1.807) is 6.07 Å². The highest BCUT2D eigenvalue weighted by Crippen LogP contribution is 2.45. The zero-order chi connectivity index (χ0) is 24.3. The van der Waals surface area contributed by atoms with Gasteiger partial charge in [0.25, 0.3) is 0 Å². The van der Waals surface area contributed by atoms with Gasteiger partial charge in [-0.2, -0.15) is 0 Å². The Morgan fingerprint density at radius 2 is 1.31 bits per heavy atom. The van der Waals surface area contributed by atoms with Crippen molar-refractivity contribution in [3.05, 3.63) is 94.0 Å². The Labute approximate surface area is 195 Å². The fourth-order valence-electron chi connectivity index (χ4n) is 3.83. The Balaban J connectivity index is 1.17. The van der Waals surface area contributed by atoms with Gasteiger partial charge in [0.05, 0.1) is 27.8 Å². The van der Waals surface area contributed by atoms with Crippen molar-refractivity contribution in [1.29, 1.82) is 0 Å². The minimum Gasteiger partial charge on any atom is -0.429 e. The molecule has 3 aromatic rings. The van der Waals surface area contributed by atoms with E-state index in [1.807, 2.05) is 0 Å². The van der Waals surface area contributed by atoms with Crippen molar-refractivity contribution in [2.45, 2.75) is 12.4 Å². The molecule has 0 amide bonds. The number of fused-ring (bicyclic) bond motifs is 4. The molecule has 0 bridgehead atoms. The second kappa shape index (κ2) is 7.61. The van der Waals surface area contributed by atoms with Gasteiger partial charge in [-0.3, -0.25) is 0 Å². The fourth-order valence-corrected chi connectivity index (χ4v) is 3.83. The van der Waals surface area contributed by atoms with Crippen LogP contribution in [0.15, 0.2) is 60.7 Å². The van der Waals surface area contributed by atoms with E-state index in [0.29, 0.717) is 5.56 Å². The molecule has 3 aliphatic heterocycles. The number of benzene rings is 3. The van der Waals surface area contributed by atoms with Crippen LogP contribution in [0, 0.1) is 0 Å². The van der Waals surface area contributed by atoms with E-state index in [2.05, 4.69) is 4.74 Å². The standard InChI is InChI=1S/C25H12O10/c26-20(11-4-6-15-17(8-11)24(30)35-25-19(15)33-25)31-13-2-1-3-14(10-13)32-21(27)12-5-7-16-18(9-12)23(29)34-22(16)28/h1-10,19,25H. The summed E-state index contributed by atoms with van der Waals surface area (Å²) >= 11 is 0. The van der Waals surface area contributed by atoms with Gasteiger partial charge in [0.2, 0.25) is 6.29 Å². The van der Waals surface area contributed by atoms with Gasteiger partial charge in [0, 0.05) is 11.6 Å². The van der Waals surface area contributed by atoms with Gasteiger partial charge < -0.3 is 23.7 Å². The topological polar surface area (TPSA) is 135 Å². The number of ether oxygens (including phenoxy) is 5. The highest BCUT2D eigenvalue weighted by Gasteiger charge is 2.50. The van der Waals surface area contributed by atoms with Crippen molar-refractivity contribution in [2.24, 2.45) is 0 Å². The minimum absolute atomic E-state index is 0.0233. The molecular formula is C25H12O10. The molecule has 1 fully saturated rings. The Kier molecular flexibility index (Phi) is 4.51. The van der Waals surface area contributed by atoms with Crippen molar-refractivity contribution in [1.82, 2.24) is 0 Å². The summed E-state index contributed by atoms with van der Waals surface area (Å²) in [6.07, 6.45) is -0.873. The number of hydrogen-bond donors (Lipinski definition) is 0. The normalized spacial score (nSPS) is 19.0. The van der Waals surface area contributed by atoms with Crippen LogP contribution in [0.1, 0.15) is 63.5 Å². The van der Waals surface area contributed by atoms with Gasteiger partial charge in [0.1, 0.15) is 11.5 Å². The Morgan fingerprint density at radius 1 is 0.686 bits per heavy atom. The molecule has 3 heterocycles. The van der Waals surface area contributed by atoms with Crippen LogP contribution in [0.3, 0.4) is 0 Å². The summed E-state index contributed by atoms with van der Waals surface area (Å²) in [6, 6.07) is 14.2. The lowest BCUT2D eigenvalue weighted by atomic mass is 10.00. The van der Waals surface area contributed by atoms with E-state index in [-0.39, 0.29) is 45.4 Å². The third-order valence-corrected chi connectivity index (χ3v) is 5.60. The number of epoxide rings is 1. The molecular weight excluding hydrogens is 460 g/mol. The molecule has 2 unspecified atom stereocenters. The maximum absolute atomic E-state index is 12.6. The quantitative estimate of drug-likeness (QED) is 0.241.